The lowest BCUT2D eigenvalue weighted by molar-refractivity contribution is 0.414. The van der Waals surface area contributed by atoms with Crippen molar-refractivity contribution in [2.45, 2.75) is 13.3 Å². The zero-order valence-corrected chi connectivity index (χ0v) is 11.7. The SMILES string of the molecule is COc1c(NN)ncnc1NCCc1ccccc1C. The van der Waals surface area contributed by atoms with E-state index in [1.807, 2.05) is 12.1 Å². The molecule has 1 heterocycles. The van der Waals surface area contributed by atoms with E-state index in [0.29, 0.717) is 17.4 Å². The first-order chi connectivity index (χ1) is 9.76. The Morgan fingerprint density at radius 2 is 1.95 bits per heavy atom. The number of aryl methyl sites for hydroxylation is 1. The van der Waals surface area contributed by atoms with Gasteiger partial charge in [0.25, 0.3) is 0 Å². The second kappa shape index (κ2) is 6.72. The molecule has 20 heavy (non-hydrogen) atoms. The van der Waals surface area contributed by atoms with Crippen LogP contribution in [0.1, 0.15) is 11.1 Å². The van der Waals surface area contributed by atoms with E-state index in [1.54, 1.807) is 7.11 Å². The summed E-state index contributed by atoms with van der Waals surface area (Å²) in [4.78, 5) is 8.17. The van der Waals surface area contributed by atoms with Gasteiger partial charge in [0.1, 0.15) is 6.33 Å². The topological polar surface area (TPSA) is 85.1 Å². The number of aromatic nitrogens is 2. The minimum Gasteiger partial charge on any atom is -0.490 e. The number of rotatable bonds is 6. The molecule has 2 aromatic rings. The molecule has 0 aliphatic heterocycles. The molecule has 0 aliphatic carbocycles. The Hall–Kier alpha value is -2.34. The second-order valence-electron chi connectivity index (χ2n) is 4.35. The van der Waals surface area contributed by atoms with Crippen LogP contribution in [0.4, 0.5) is 11.6 Å². The van der Waals surface area contributed by atoms with E-state index in [2.05, 4.69) is 39.8 Å². The maximum Gasteiger partial charge on any atom is 0.205 e. The van der Waals surface area contributed by atoms with Crippen molar-refractivity contribution in [2.24, 2.45) is 5.84 Å². The van der Waals surface area contributed by atoms with Gasteiger partial charge in [-0.15, -0.1) is 0 Å². The van der Waals surface area contributed by atoms with Crippen molar-refractivity contribution < 1.29 is 4.74 Å². The van der Waals surface area contributed by atoms with Gasteiger partial charge in [-0.05, 0) is 24.5 Å². The van der Waals surface area contributed by atoms with Crippen molar-refractivity contribution >= 4 is 11.6 Å². The lowest BCUT2D eigenvalue weighted by atomic mass is 10.1. The van der Waals surface area contributed by atoms with Crippen LogP contribution in [0, 0.1) is 6.92 Å². The summed E-state index contributed by atoms with van der Waals surface area (Å²) in [6, 6.07) is 8.32. The number of nitrogens with zero attached hydrogens (tertiary/aromatic N) is 2. The molecule has 0 radical (unpaired) electrons. The van der Waals surface area contributed by atoms with E-state index in [1.165, 1.54) is 17.5 Å². The summed E-state index contributed by atoms with van der Waals surface area (Å²) in [6.07, 6.45) is 2.35. The third kappa shape index (κ3) is 3.16. The van der Waals surface area contributed by atoms with Crippen LogP contribution < -0.4 is 21.3 Å². The van der Waals surface area contributed by atoms with E-state index in [0.717, 1.165) is 13.0 Å². The molecule has 106 valence electrons. The third-order valence-electron chi connectivity index (χ3n) is 3.09. The molecular formula is C14H19N5O. The van der Waals surface area contributed by atoms with Gasteiger partial charge < -0.3 is 15.5 Å². The average molecular weight is 273 g/mol. The summed E-state index contributed by atoms with van der Waals surface area (Å²) in [6.45, 7) is 2.86. The summed E-state index contributed by atoms with van der Waals surface area (Å²) in [7, 11) is 1.56. The van der Waals surface area contributed by atoms with Crippen molar-refractivity contribution in [1.29, 1.82) is 0 Å². The van der Waals surface area contributed by atoms with Crippen molar-refractivity contribution in [3.63, 3.8) is 0 Å². The highest BCUT2D eigenvalue weighted by Gasteiger charge is 2.10. The molecule has 0 atom stereocenters. The molecule has 0 amide bonds. The van der Waals surface area contributed by atoms with Crippen molar-refractivity contribution in [3.8, 4) is 5.75 Å². The predicted octanol–water partition coefficient (Wildman–Crippen LogP) is 1.73. The molecule has 0 bridgehead atoms. The average Bonchev–Trinajstić information content (AvgIpc) is 2.48. The Labute approximate surface area is 118 Å². The van der Waals surface area contributed by atoms with Gasteiger partial charge >= 0.3 is 0 Å². The summed E-state index contributed by atoms with van der Waals surface area (Å²) in [5.41, 5.74) is 5.08. The fraction of sp³-hybridized carbons (Fsp3) is 0.286. The molecule has 6 nitrogen and oxygen atoms in total. The summed E-state index contributed by atoms with van der Waals surface area (Å²) in [5, 5.41) is 3.24. The fourth-order valence-corrected chi connectivity index (χ4v) is 2.00. The van der Waals surface area contributed by atoms with Crippen LogP contribution in [-0.2, 0) is 6.42 Å². The van der Waals surface area contributed by atoms with Crippen LogP contribution in [0.25, 0.3) is 0 Å². The Balaban J connectivity index is 2.03. The second-order valence-corrected chi connectivity index (χ2v) is 4.35. The number of hydrogen-bond acceptors (Lipinski definition) is 6. The van der Waals surface area contributed by atoms with Gasteiger partial charge in [-0.2, -0.15) is 0 Å². The number of hydrogen-bond donors (Lipinski definition) is 3. The molecule has 0 fully saturated rings. The molecule has 0 saturated carbocycles. The van der Waals surface area contributed by atoms with Gasteiger partial charge in [-0.1, -0.05) is 24.3 Å². The number of nitrogen functional groups attached to an aromatic ring is 1. The fourth-order valence-electron chi connectivity index (χ4n) is 2.00. The van der Waals surface area contributed by atoms with Gasteiger partial charge in [-0.3, -0.25) is 0 Å². The Morgan fingerprint density at radius 1 is 1.20 bits per heavy atom. The zero-order chi connectivity index (χ0) is 14.4. The maximum atomic E-state index is 5.39. The number of methoxy groups -OCH3 is 1. The molecule has 4 N–H and O–H groups in total. The highest BCUT2D eigenvalue weighted by Crippen LogP contribution is 2.27. The highest BCUT2D eigenvalue weighted by atomic mass is 16.5. The smallest absolute Gasteiger partial charge is 0.205 e. The minimum atomic E-state index is 0.459. The van der Waals surface area contributed by atoms with Crippen molar-refractivity contribution in [2.75, 3.05) is 24.4 Å². The Kier molecular flexibility index (Phi) is 4.73. The number of hydrazine groups is 1. The van der Waals surface area contributed by atoms with Gasteiger partial charge in [0.15, 0.2) is 11.6 Å². The predicted molar refractivity (Wildman–Crippen MR) is 79.8 cm³/mol. The number of benzene rings is 1. The quantitative estimate of drug-likeness (QED) is 0.549. The van der Waals surface area contributed by atoms with Gasteiger partial charge in [0, 0.05) is 6.54 Å². The number of nitrogens with one attached hydrogen (secondary N) is 2. The van der Waals surface area contributed by atoms with Gasteiger partial charge in [0.2, 0.25) is 5.75 Å². The van der Waals surface area contributed by atoms with Crippen LogP contribution in [0.2, 0.25) is 0 Å². The summed E-state index contributed by atoms with van der Waals surface area (Å²) < 4.78 is 5.26. The van der Waals surface area contributed by atoms with Crippen LogP contribution in [0.15, 0.2) is 30.6 Å². The van der Waals surface area contributed by atoms with Gasteiger partial charge in [0.05, 0.1) is 7.11 Å². The Bertz CT molecular complexity index is 573. The zero-order valence-electron chi connectivity index (χ0n) is 11.7. The molecule has 0 saturated heterocycles. The first-order valence-electron chi connectivity index (χ1n) is 6.40. The highest BCUT2D eigenvalue weighted by molar-refractivity contribution is 5.63. The molecule has 0 spiro atoms. The molecule has 0 unspecified atom stereocenters. The third-order valence-corrected chi connectivity index (χ3v) is 3.09. The van der Waals surface area contributed by atoms with Crippen LogP contribution in [-0.4, -0.2) is 23.6 Å². The monoisotopic (exact) mass is 273 g/mol. The van der Waals surface area contributed by atoms with E-state index in [4.69, 9.17) is 10.6 Å². The first kappa shape index (κ1) is 14.1. The minimum absolute atomic E-state index is 0.459. The van der Waals surface area contributed by atoms with Crippen molar-refractivity contribution in [1.82, 2.24) is 9.97 Å². The lowest BCUT2D eigenvalue weighted by Gasteiger charge is -2.13. The summed E-state index contributed by atoms with van der Waals surface area (Å²) >= 11 is 0. The first-order valence-corrected chi connectivity index (χ1v) is 6.40. The molecular weight excluding hydrogens is 254 g/mol. The molecule has 6 heteroatoms. The van der Waals surface area contributed by atoms with Crippen molar-refractivity contribution in [3.05, 3.63) is 41.7 Å². The van der Waals surface area contributed by atoms with Crippen LogP contribution in [0.3, 0.4) is 0 Å². The summed E-state index contributed by atoms with van der Waals surface area (Å²) in [5.74, 6) is 6.99. The van der Waals surface area contributed by atoms with E-state index < -0.39 is 0 Å². The number of nitrogens with two attached hydrogens (primary N) is 1. The number of ether oxygens (including phenoxy) is 1. The maximum absolute atomic E-state index is 5.39. The van der Waals surface area contributed by atoms with E-state index in [9.17, 15) is 0 Å². The van der Waals surface area contributed by atoms with Crippen LogP contribution in [0.5, 0.6) is 5.75 Å². The largest absolute Gasteiger partial charge is 0.490 e. The van der Waals surface area contributed by atoms with E-state index >= 15 is 0 Å². The van der Waals surface area contributed by atoms with E-state index in [-0.39, 0.29) is 0 Å². The van der Waals surface area contributed by atoms with Gasteiger partial charge in [-0.25, -0.2) is 15.8 Å². The standard InChI is InChI=1S/C14H19N5O/c1-10-5-3-4-6-11(10)7-8-16-13-12(20-2)14(19-15)18-9-17-13/h3-6,9H,7-8,15H2,1-2H3,(H2,16,17,18,19). The number of anilines is 2. The van der Waals surface area contributed by atoms with Crippen LogP contribution >= 0.6 is 0 Å². The molecule has 1 aromatic heterocycles. The normalized spacial score (nSPS) is 10.2. The molecule has 1 aromatic carbocycles. The lowest BCUT2D eigenvalue weighted by Crippen LogP contribution is -2.13. The Morgan fingerprint density at radius 3 is 2.65 bits per heavy atom. The molecule has 0 aliphatic rings. The molecule has 2 rings (SSSR count).